The summed E-state index contributed by atoms with van der Waals surface area (Å²) in [5.41, 5.74) is 2.21. The molecule has 3 aromatic rings. The van der Waals surface area contributed by atoms with Crippen molar-refractivity contribution in [1.82, 2.24) is 4.41 Å². The summed E-state index contributed by atoms with van der Waals surface area (Å²) in [6, 6.07) is 22.5. The molecule has 29 heavy (non-hydrogen) atoms. The predicted molar refractivity (Wildman–Crippen MR) is 114 cm³/mol. The highest BCUT2D eigenvalue weighted by Crippen LogP contribution is 2.40. The lowest BCUT2D eigenvalue weighted by molar-refractivity contribution is 0.350. The zero-order chi connectivity index (χ0) is 20.4. The molecule has 1 heterocycles. The Bertz CT molecular complexity index is 1160. The maximum absolute atomic E-state index is 13.4. The minimum Gasteiger partial charge on any atom is -0.496 e. The minimum absolute atomic E-state index is 0.191. The van der Waals surface area contributed by atoms with Crippen LogP contribution in [-0.2, 0) is 10.0 Å². The Labute approximate surface area is 175 Å². The lowest BCUT2D eigenvalue weighted by atomic mass is 9.98. The highest BCUT2D eigenvalue weighted by Gasteiger charge is 2.38. The summed E-state index contributed by atoms with van der Waals surface area (Å²) < 4.78 is 33.5. The molecule has 0 radical (unpaired) electrons. The Kier molecular flexibility index (Phi) is 5.30. The molecule has 0 fully saturated rings. The van der Waals surface area contributed by atoms with Crippen LogP contribution in [0.15, 0.2) is 88.9 Å². The van der Waals surface area contributed by atoms with E-state index in [9.17, 15) is 8.42 Å². The topological polar surface area (TPSA) is 59.0 Å². The fraction of sp³-hybridized carbons (Fsp3) is 0.136. The molecule has 5 nitrogen and oxygen atoms in total. The SMILES string of the molecule is COc1ccccc1[C@H]1CC(c2cccc(Cl)c2)=NN1S(=O)(=O)c1ccccc1. The summed E-state index contributed by atoms with van der Waals surface area (Å²) in [6.07, 6.45) is 0.410. The monoisotopic (exact) mass is 426 g/mol. The van der Waals surface area contributed by atoms with Crippen LogP contribution in [0.3, 0.4) is 0 Å². The summed E-state index contributed by atoms with van der Waals surface area (Å²) in [4.78, 5) is 0.191. The van der Waals surface area contributed by atoms with E-state index >= 15 is 0 Å². The second-order valence-corrected chi connectivity index (χ2v) is 8.84. The number of halogens is 1. The molecule has 0 unspecified atom stereocenters. The molecule has 1 aliphatic heterocycles. The quantitative estimate of drug-likeness (QED) is 0.583. The van der Waals surface area contributed by atoms with Gasteiger partial charge in [-0.1, -0.05) is 60.1 Å². The molecule has 0 saturated heterocycles. The van der Waals surface area contributed by atoms with Crippen molar-refractivity contribution in [3.05, 3.63) is 95.0 Å². The predicted octanol–water partition coefficient (Wildman–Crippen LogP) is 4.89. The van der Waals surface area contributed by atoms with Gasteiger partial charge in [0.25, 0.3) is 10.0 Å². The number of para-hydroxylation sites is 1. The number of benzene rings is 3. The molecule has 0 aliphatic carbocycles. The zero-order valence-corrected chi connectivity index (χ0v) is 17.3. The molecule has 4 rings (SSSR count). The van der Waals surface area contributed by atoms with Crippen LogP contribution in [0.1, 0.15) is 23.6 Å². The van der Waals surface area contributed by atoms with Gasteiger partial charge in [0.15, 0.2) is 0 Å². The fourth-order valence-electron chi connectivity index (χ4n) is 3.43. The third kappa shape index (κ3) is 3.73. The molecule has 1 atom stereocenters. The first-order valence-corrected chi connectivity index (χ1v) is 10.9. The molecule has 1 aliphatic rings. The van der Waals surface area contributed by atoms with Gasteiger partial charge in [-0.15, -0.1) is 0 Å². The van der Waals surface area contributed by atoms with E-state index in [1.807, 2.05) is 36.4 Å². The largest absolute Gasteiger partial charge is 0.496 e. The van der Waals surface area contributed by atoms with E-state index in [4.69, 9.17) is 16.3 Å². The number of methoxy groups -OCH3 is 1. The third-order valence-electron chi connectivity index (χ3n) is 4.82. The highest BCUT2D eigenvalue weighted by molar-refractivity contribution is 7.89. The first-order valence-electron chi connectivity index (χ1n) is 9.06. The van der Waals surface area contributed by atoms with Gasteiger partial charge in [0, 0.05) is 17.0 Å². The second kappa shape index (κ2) is 7.89. The Hall–Kier alpha value is -2.83. The van der Waals surface area contributed by atoms with Crippen LogP contribution >= 0.6 is 11.6 Å². The van der Waals surface area contributed by atoms with E-state index in [1.54, 1.807) is 49.6 Å². The van der Waals surface area contributed by atoms with Crippen molar-refractivity contribution in [2.45, 2.75) is 17.4 Å². The molecular weight excluding hydrogens is 408 g/mol. The van der Waals surface area contributed by atoms with Crippen molar-refractivity contribution >= 4 is 27.3 Å². The zero-order valence-electron chi connectivity index (χ0n) is 15.7. The van der Waals surface area contributed by atoms with E-state index < -0.39 is 16.1 Å². The first-order chi connectivity index (χ1) is 14.0. The van der Waals surface area contributed by atoms with Crippen LogP contribution in [0.25, 0.3) is 0 Å². The number of sulfonamides is 1. The number of hydrogen-bond acceptors (Lipinski definition) is 4. The Balaban J connectivity index is 1.84. The van der Waals surface area contributed by atoms with Gasteiger partial charge in [0.05, 0.1) is 23.8 Å². The molecule has 3 aromatic carbocycles. The molecule has 7 heteroatoms. The van der Waals surface area contributed by atoms with Gasteiger partial charge in [0.2, 0.25) is 0 Å². The van der Waals surface area contributed by atoms with Crippen molar-refractivity contribution in [3.63, 3.8) is 0 Å². The average Bonchev–Trinajstić information content (AvgIpc) is 3.20. The van der Waals surface area contributed by atoms with Crippen LogP contribution in [0.5, 0.6) is 5.75 Å². The van der Waals surface area contributed by atoms with Gasteiger partial charge in [-0.05, 0) is 35.9 Å². The summed E-state index contributed by atoms with van der Waals surface area (Å²) in [6.45, 7) is 0. The first kappa shape index (κ1) is 19.5. The molecule has 0 N–H and O–H groups in total. The molecule has 0 saturated carbocycles. The fourth-order valence-corrected chi connectivity index (χ4v) is 5.06. The highest BCUT2D eigenvalue weighted by atomic mass is 35.5. The minimum atomic E-state index is -3.85. The van der Waals surface area contributed by atoms with E-state index in [0.29, 0.717) is 22.9 Å². The van der Waals surface area contributed by atoms with Gasteiger partial charge in [0.1, 0.15) is 5.75 Å². The van der Waals surface area contributed by atoms with Crippen LogP contribution in [0.4, 0.5) is 0 Å². The molecule has 0 bridgehead atoms. The van der Waals surface area contributed by atoms with Crippen LogP contribution < -0.4 is 4.74 Å². The number of nitrogens with zero attached hydrogens (tertiary/aromatic N) is 2. The normalized spacial score (nSPS) is 16.6. The van der Waals surface area contributed by atoms with Crippen LogP contribution in [0.2, 0.25) is 5.02 Å². The lowest BCUT2D eigenvalue weighted by Crippen LogP contribution is -2.27. The van der Waals surface area contributed by atoms with E-state index in [1.165, 1.54) is 4.41 Å². The summed E-state index contributed by atoms with van der Waals surface area (Å²) in [5, 5.41) is 5.10. The van der Waals surface area contributed by atoms with Crippen molar-refractivity contribution in [2.24, 2.45) is 5.10 Å². The molecule has 0 spiro atoms. The lowest BCUT2D eigenvalue weighted by Gasteiger charge is -2.24. The third-order valence-corrected chi connectivity index (χ3v) is 6.75. The van der Waals surface area contributed by atoms with Crippen LogP contribution in [0, 0.1) is 0 Å². The summed E-state index contributed by atoms with van der Waals surface area (Å²) >= 11 is 6.14. The van der Waals surface area contributed by atoms with Gasteiger partial charge in [-0.2, -0.15) is 17.9 Å². The van der Waals surface area contributed by atoms with Crippen LogP contribution in [-0.4, -0.2) is 25.7 Å². The van der Waals surface area contributed by atoms with Crippen molar-refractivity contribution < 1.29 is 13.2 Å². The summed E-state index contributed by atoms with van der Waals surface area (Å²) in [5.74, 6) is 0.619. The Morgan fingerprint density at radius 3 is 2.45 bits per heavy atom. The summed E-state index contributed by atoms with van der Waals surface area (Å²) in [7, 11) is -2.28. The number of ether oxygens (including phenoxy) is 1. The van der Waals surface area contributed by atoms with E-state index in [2.05, 4.69) is 5.10 Å². The van der Waals surface area contributed by atoms with Gasteiger partial charge >= 0.3 is 0 Å². The second-order valence-electron chi connectivity index (χ2n) is 6.61. The van der Waals surface area contributed by atoms with Crippen molar-refractivity contribution in [1.29, 1.82) is 0 Å². The number of rotatable bonds is 5. The average molecular weight is 427 g/mol. The van der Waals surface area contributed by atoms with Crippen molar-refractivity contribution in [3.8, 4) is 5.75 Å². The molecule has 0 amide bonds. The van der Waals surface area contributed by atoms with Gasteiger partial charge in [-0.3, -0.25) is 0 Å². The molecule has 0 aromatic heterocycles. The molecule has 148 valence electrons. The maximum atomic E-state index is 13.4. The Morgan fingerprint density at radius 1 is 1.00 bits per heavy atom. The van der Waals surface area contributed by atoms with Gasteiger partial charge in [-0.25, -0.2) is 0 Å². The number of hydrogen-bond donors (Lipinski definition) is 0. The standard InChI is InChI=1S/C22H19ClN2O3S/c1-28-22-13-6-5-12-19(22)21-15-20(16-8-7-9-17(23)14-16)24-25(21)29(26,27)18-10-3-2-4-11-18/h2-14,21H,15H2,1H3/t21-/m1/s1. The van der Waals surface area contributed by atoms with Crippen molar-refractivity contribution in [2.75, 3.05) is 7.11 Å². The number of hydrazone groups is 1. The smallest absolute Gasteiger partial charge is 0.279 e. The van der Waals surface area contributed by atoms with Gasteiger partial charge < -0.3 is 4.74 Å². The Morgan fingerprint density at radius 2 is 1.72 bits per heavy atom. The van der Waals surface area contributed by atoms with E-state index in [-0.39, 0.29) is 4.90 Å². The maximum Gasteiger partial charge on any atom is 0.279 e. The molecular formula is C22H19ClN2O3S. The van der Waals surface area contributed by atoms with E-state index in [0.717, 1.165) is 11.1 Å².